The van der Waals surface area contributed by atoms with Gasteiger partial charge in [-0.3, -0.25) is 14.6 Å². The van der Waals surface area contributed by atoms with E-state index < -0.39 is 5.91 Å². The summed E-state index contributed by atoms with van der Waals surface area (Å²) >= 11 is 0. The molecule has 3 atom stereocenters. The summed E-state index contributed by atoms with van der Waals surface area (Å²) < 4.78 is 1.82. The summed E-state index contributed by atoms with van der Waals surface area (Å²) in [6, 6.07) is 9.18. The van der Waals surface area contributed by atoms with Crippen molar-refractivity contribution in [3.05, 3.63) is 60.8 Å². The number of likely N-dealkylation sites (N-methyl/N-ethyl adjacent to an activating group) is 1. The van der Waals surface area contributed by atoms with Gasteiger partial charge < -0.3 is 31.5 Å². The van der Waals surface area contributed by atoms with Gasteiger partial charge in [-0.25, -0.2) is 9.67 Å². The van der Waals surface area contributed by atoms with Crippen molar-refractivity contribution in [3.63, 3.8) is 0 Å². The summed E-state index contributed by atoms with van der Waals surface area (Å²) in [6.07, 6.45) is 6.80. The molecule has 212 valence electrons. The first-order chi connectivity index (χ1) is 19.8. The number of piperazine rings is 1. The number of hydrogen-bond donors (Lipinski definition) is 3. The number of nitrogens with zero attached hydrogens (tertiary/aromatic N) is 8. The SMILES string of the molecule is CC1CN(c2ccncc2NC(=O)c2nc3cc(N4CCN(C)C(=O)C4)ccc3cc2N)CC(N)C1n1ccnn1. The molecular formula is C28H33N11O2. The summed E-state index contributed by atoms with van der Waals surface area (Å²) in [4.78, 5) is 40.5. The molecule has 0 aliphatic carbocycles. The molecule has 0 bridgehead atoms. The summed E-state index contributed by atoms with van der Waals surface area (Å²) in [5, 5.41) is 11.9. The number of nitrogen functional groups attached to an aromatic ring is 1. The molecule has 0 radical (unpaired) electrons. The Morgan fingerprint density at radius 2 is 1.95 bits per heavy atom. The maximum atomic E-state index is 13.5. The third-order valence-electron chi connectivity index (χ3n) is 7.96. The number of pyridine rings is 2. The van der Waals surface area contributed by atoms with Crippen LogP contribution in [0.15, 0.2) is 55.1 Å². The molecule has 41 heavy (non-hydrogen) atoms. The van der Waals surface area contributed by atoms with Gasteiger partial charge in [0.25, 0.3) is 5.91 Å². The standard InChI is InChI=1S/C28H33N11O2/c1-17-14-38(15-21(30)27(17)39-8-7-32-35-39)24-5-6-31-13-23(24)34-28(41)26-20(29)11-18-3-4-19(12-22(18)33-26)37-10-9-36(2)25(40)16-37/h3-8,11-13,17,21,27H,9-10,14-16,29-30H2,1-2H3,(H,34,41). The van der Waals surface area contributed by atoms with E-state index in [1.54, 1.807) is 36.6 Å². The van der Waals surface area contributed by atoms with Crippen molar-refractivity contribution in [1.29, 1.82) is 0 Å². The number of carbonyl (C=O) groups is 2. The van der Waals surface area contributed by atoms with E-state index in [0.29, 0.717) is 37.4 Å². The molecule has 3 aromatic heterocycles. The quantitative estimate of drug-likeness (QED) is 0.327. The Balaban J connectivity index is 1.23. The first-order valence-electron chi connectivity index (χ1n) is 13.6. The fourth-order valence-electron chi connectivity index (χ4n) is 5.81. The van der Waals surface area contributed by atoms with Crippen molar-refractivity contribution in [2.24, 2.45) is 11.7 Å². The van der Waals surface area contributed by atoms with Gasteiger partial charge in [0.05, 0.1) is 47.6 Å². The number of hydrogen-bond acceptors (Lipinski definition) is 10. The largest absolute Gasteiger partial charge is 0.397 e. The monoisotopic (exact) mass is 555 g/mol. The average molecular weight is 556 g/mol. The molecule has 3 unspecified atom stereocenters. The summed E-state index contributed by atoms with van der Waals surface area (Å²) in [6.45, 7) is 5.07. The van der Waals surface area contributed by atoms with Gasteiger partial charge in [0.1, 0.15) is 0 Å². The molecule has 2 amide bonds. The minimum atomic E-state index is -0.436. The van der Waals surface area contributed by atoms with Crippen LogP contribution in [0.25, 0.3) is 10.9 Å². The van der Waals surface area contributed by atoms with Crippen LogP contribution < -0.4 is 26.6 Å². The Kier molecular flexibility index (Phi) is 6.87. The van der Waals surface area contributed by atoms with Gasteiger partial charge in [0.15, 0.2) is 5.69 Å². The molecule has 13 nitrogen and oxygen atoms in total. The van der Waals surface area contributed by atoms with Crippen LogP contribution in [-0.4, -0.2) is 87.5 Å². The number of fused-ring (bicyclic) bond motifs is 1. The first-order valence-corrected chi connectivity index (χ1v) is 13.6. The highest BCUT2D eigenvalue weighted by molar-refractivity contribution is 6.09. The fourth-order valence-corrected chi connectivity index (χ4v) is 5.81. The third-order valence-corrected chi connectivity index (χ3v) is 7.96. The molecule has 5 N–H and O–H groups in total. The Bertz CT molecular complexity index is 1580. The second-order valence-corrected chi connectivity index (χ2v) is 10.8. The minimum Gasteiger partial charge on any atom is -0.397 e. The second kappa shape index (κ2) is 10.7. The van der Waals surface area contributed by atoms with Crippen molar-refractivity contribution < 1.29 is 9.59 Å². The van der Waals surface area contributed by atoms with E-state index in [1.807, 2.05) is 40.0 Å². The number of aromatic nitrogens is 5. The Morgan fingerprint density at radius 3 is 2.71 bits per heavy atom. The van der Waals surface area contributed by atoms with Crippen molar-refractivity contribution in [2.75, 3.05) is 60.6 Å². The van der Waals surface area contributed by atoms with E-state index in [0.717, 1.165) is 23.3 Å². The molecule has 4 aromatic rings. The normalized spacial score (nSPS) is 21.4. The number of piperidine rings is 1. The lowest BCUT2D eigenvalue weighted by Crippen LogP contribution is -2.53. The number of amides is 2. The number of benzene rings is 1. The third kappa shape index (κ3) is 5.11. The average Bonchev–Trinajstić information content (AvgIpc) is 3.48. The molecule has 0 saturated carbocycles. The van der Waals surface area contributed by atoms with Crippen LogP contribution in [-0.2, 0) is 4.79 Å². The van der Waals surface area contributed by atoms with E-state index in [2.05, 4.69) is 37.4 Å². The Labute approximate surface area is 237 Å². The topological polar surface area (TPSA) is 164 Å². The molecule has 0 spiro atoms. The predicted molar refractivity (Wildman–Crippen MR) is 157 cm³/mol. The summed E-state index contributed by atoms with van der Waals surface area (Å²) in [7, 11) is 1.80. The molecule has 2 aliphatic rings. The van der Waals surface area contributed by atoms with Crippen LogP contribution in [0.4, 0.5) is 22.7 Å². The van der Waals surface area contributed by atoms with E-state index in [9.17, 15) is 9.59 Å². The highest BCUT2D eigenvalue weighted by Crippen LogP contribution is 2.34. The van der Waals surface area contributed by atoms with Gasteiger partial charge in [-0.1, -0.05) is 18.2 Å². The van der Waals surface area contributed by atoms with Crippen LogP contribution in [0, 0.1) is 5.92 Å². The highest BCUT2D eigenvalue weighted by atomic mass is 16.2. The number of nitrogens with two attached hydrogens (primary N) is 2. The summed E-state index contributed by atoms with van der Waals surface area (Å²) in [5.74, 6) is -0.194. The second-order valence-electron chi connectivity index (χ2n) is 10.8. The number of rotatable bonds is 5. The lowest BCUT2D eigenvalue weighted by Gasteiger charge is -2.42. The first kappa shape index (κ1) is 26.4. The van der Waals surface area contributed by atoms with Crippen LogP contribution in [0.3, 0.4) is 0 Å². The van der Waals surface area contributed by atoms with Crippen LogP contribution >= 0.6 is 0 Å². The van der Waals surface area contributed by atoms with Crippen molar-refractivity contribution in [2.45, 2.75) is 19.0 Å². The molecule has 2 aliphatic heterocycles. The lowest BCUT2D eigenvalue weighted by atomic mass is 9.90. The van der Waals surface area contributed by atoms with Crippen molar-refractivity contribution >= 4 is 45.5 Å². The molecule has 6 rings (SSSR count). The van der Waals surface area contributed by atoms with E-state index in [-0.39, 0.29) is 35.3 Å². The van der Waals surface area contributed by atoms with Gasteiger partial charge in [-0.2, -0.15) is 0 Å². The van der Waals surface area contributed by atoms with Crippen LogP contribution in [0.1, 0.15) is 23.5 Å². The smallest absolute Gasteiger partial charge is 0.276 e. The molecule has 1 aromatic carbocycles. The number of anilines is 4. The fraction of sp³-hybridized carbons (Fsp3) is 0.357. The predicted octanol–water partition coefficient (Wildman–Crippen LogP) is 1.36. The highest BCUT2D eigenvalue weighted by Gasteiger charge is 2.35. The van der Waals surface area contributed by atoms with Gasteiger partial charge in [-0.05, 0) is 30.2 Å². The molecule has 13 heteroatoms. The summed E-state index contributed by atoms with van der Waals surface area (Å²) in [5.41, 5.74) is 16.1. The zero-order valence-electron chi connectivity index (χ0n) is 23.0. The molecule has 2 saturated heterocycles. The molecular weight excluding hydrogens is 522 g/mol. The molecule has 5 heterocycles. The van der Waals surface area contributed by atoms with Gasteiger partial charge in [0.2, 0.25) is 5.91 Å². The van der Waals surface area contributed by atoms with Crippen LogP contribution in [0.2, 0.25) is 0 Å². The zero-order chi connectivity index (χ0) is 28.7. The van der Waals surface area contributed by atoms with Crippen molar-refractivity contribution in [1.82, 2.24) is 29.9 Å². The Hall–Kier alpha value is -4.78. The molecule has 2 fully saturated rings. The van der Waals surface area contributed by atoms with Crippen molar-refractivity contribution in [3.8, 4) is 0 Å². The number of carbonyl (C=O) groups excluding carboxylic acids is 2. The van der Waals surface area contributed by atoms with E-state index in [4.69, 9.17) is 11.5 Å². The van der Waals surface area contributed by atoms with E-state index >= 15 is 0 Å². The van der Waals surface area contributed by atoms with Crippen LogP contribution in [0.5, 0.6) is 0 Å². The number of nitrogens with one attached hydrogen (secondary N) is 1. The maximum Gasteiger partial charge on any atom is 0.276 e. The van der Waals surface area contributed by atoms with Gasteiger partial charge >= 0.3 is 0 Å². The lowest BCUT2D eigenvalue weighted by molar-refractivity contribution is -0.129. The maximum absolute atomic E-state index is 13.5. The van der Waals surface area contributed by atoms with Gasteiger partial charge in [-0.15, -0.1) is 5.10 Å². The minimum absolute atomic E-state index is 0.0177. The zero-order valence-corrected chi connectivity index (χ0v) is 23.0. The van der Waals surface area contributed by atoms with Gasteiger partial charge in [0, 0.05) is 62.7 Å². The van der Waals surface area contributed by atoms with E-state index in [1.165, 1.54) is 0 Å². The Morgan fingerprint density at radius 1 is 1.10 bits per heavy atom.